The second-order valence-corrected chi connectivity index (χ2v) is 4.94. The molecule has 0 saturated heterocycles. The van der Waals surface area contributed by atoms with Gasteiger partial charge in [0.2, 0.25) is 0 Å². The van der Waals surface area contributed by atoms with E-state index in [9.17, 15) is 4.79 Å². The van der Waals surface area contributed by atoms with Crippen LogP contribution in [0, 0.1) is 0 Å². The molecule has 1 aliphatic rings. The number of rotatable bonds is 4. The molecule has 2 heterocycles. The third kappa shape index (κ3) is 2.76. The van der Waals surface area contributed by atoms with Crippen LogP contribution < -0.4 is 5.32 Å². The largest absolute Gasteiger partial charge is 0.361 e. The van der Waals surface area contributed by atoms with Gasteiger partial charge in [-0.1, -0.05) is 16.8 Å². The summed E-state index contributed by atoms with van der Waals surface area (Å²) in [5.74, 6) is 1.18. The van der Waals surface area contributed by atoms with Gasteiger partial charge in [-0.05, 0) is 18.9 Å². The lowest BCUT2D eigenvalue weighted by Gasteiger charge is -2.03. The predicted octanol–water partition coefficient (Wildman–Crippen LogP) is 2.53. The minimum absolute atomic E-state index is 0.247. The minimum atomic E-state index is -0.247. The van der Waals surface area contributed by atoms with E-state index in [4.69, 9.17) is 16.1 Å². The van der Waals surface area contributed by atoms with E-state index in [1.807, 2.05) is 6.07 Å². The van der Waals surface area contributed by atoms with Gasteiger partial charge in [0.15, 0.2) is 0 Å². The molecule has 1 saturated carbocycles. The topological polar surface area (TPSA) is 68.0 Å². The van der Waals surface area contributed by atoms with E-state index in [1.165, 1.54) is 12.4 Å². The zero-order valence-corrected chi connectivity index (χ0v) is 10.9. The number of halogens is 1. The first-order valence-corrected chi connectivity index (χ1v) is 6.45. The molecular weight excluding hydrogens is 266 g/mol. The van der Waals surface area contributed by atoms with Crippen LogP contribution >= 0.6 is 11.6 Å². The molecule has 0 atom stereocenters. The maximum Gasteiger partial charge on any atom is 0.253 e. The fraction of sp³-hybridized carbons (Fsp3) is 0.308. The molecule has 3 rings (SSSR count). The lowest BCUT2D eigenvalue weighted by atomic mass is 10.2. The van der Waals surface area contributed by atoms with E-state index in [-0.39, 0.29) is 5.91 Å². The van der Waals surface area contributed by atoms with Crippen LogP contribution in [-0.4, -0.2) is 16.0 Å². The Hall–Kier alpha value is -1.88. The summed E-state index contributed by atoms with van der Waals surface area (Å²) < 4.78 is 5.21. The third-order valence-electron chi connectivity index (χ3n) is 3.00. The molecule has 0 spiro atoms. The van der Waals surface area contributed by atoms with Crippen LogP contribution in [0.4, 0.5) is 0 Å². The summed E-state index contributed by atoms with van der Waals surface area (Å²) in [6.45, 7) is 0.327. The van der Waals surface area contributed by atoms with E-state index < -0.39 is 0 Å². The maximum atomic E-state index is 11.9. The number of nitrogens with one attached hydrogen (secondary N) is 1. The van der Waals surface area contributed by atoms with Gasteiger partial charge in [0.1, 0.15) is 11.5 Å². The summed E-state index contributed by atoms with van der Waals surface area (Å²) in [6, 6.07) is 3.47. The fourth-order valence-electron chi connectivity index (χ4n) is 1.80. The van der Waals surface area contributed by atoms with Crippen molar-refractivity contribution in [3.8, 4) is 0 Å². The van der Waals surface area contributed by atoms with Crippen molar-refractivity contribution in [3.05, 3.63) is 46.6 Å². The Morgan fingerprint density at radius 1 is 1.53 bits per heavy atom. The highest BCUT2D eigenvalue weighted by Gasteiger charge is 2.27. The maximum absolute atomic E-state index is 11.9. The average molecular weight is 278 g/mol. The molecule has 0 aromatic carbocycles. The van der Waals surface area contributed by atoms with Crippen LogP contribution in [0.3, 0.4) is 0 Å². The zero-order chi connectivity index (χ0) is 13.2. The molecule has 6 heteroatoms. The van der Waals surface area contributed by atoms with E-state index in [0.717, 1.165) is 24.3 Å². The highest BCUT2D eigenvalue weighted by atomic mass is 35.5. The molecule has 19 heavy (non-hydrogen) atoms. The van der Waals surface area contributed by atoms with Gasteiger partial charge in [-0.25, -0.2) is 0 Å². The summed E-state index contributed by atoms with van der Waals surface area (Å²) in [6.07, 6.45) is 5.29. The minimum Gasteiger partial charge on any atom is -0.361 e. The number of hydrogen-bond acceptors (Lipinski definition) is 4. The Balaban J connectivity index is 1.62. The molecule has 5 nitrogen and oxygen atoms in total. The lowest BCUT2D eigenvalue weighted by Crippen LogP contribution is -2.23. The van der Waals surface area contributed by atoms with Gasteiger partial charge in [-0.2, -0.15) is 0 Å². The first-order valence-electron chi connectivity index (χ1n) is 6.07. The van der Waals surface area contributed by atoms with Gasteiger partial charge in [0.05, 0.1) is 17.1 Å². The lowest BCUT2D eigenvalue weighted by molar-refractivity contribution is 0.0950. The van der Waals surface area contributed by atoms with Crippen molar-refractivity contribution in [2.45, 2.75) is 25.3 Å². The van der Waals surface area contributed by atoms with Crippen molar-refractivity contribution >= 4 is 17.5 Å². The van der Waals surface area contributed by atoms with E-state index in [2.05, 4.69) is 15.5 Å². The average Bonchev–Trinajstić information content (AvgIpc) is 3.16. The van der Waals surface area contributed by atoms with Crippen LogP contribution in [-0.2, 0) is 6.54 Å². The van der Waals surface area contributed by atoms with Crippen molar-refractivity contribution in [2.75, 3.05) is 0 Å². The quantitative estimate of drug-likeness (QED) is 0.932. The second kappa shape index (κ2) is 5.01. The molecule has 0 aliphatic heterocycles. The summed E-state index contributed by atoms with van der Waals surface area (Å²) in [5, 5.41) is 7.02. The fourth-order valence-corrected chi connectivity index (χ4v) is 2.00. The molecule has 98 valence electrons. The molecule has 1 amide bonds. The van der Waals surface area contributed by atoms with Gasteiger partial charge in [0.25, 0.3) is 5.91 Å². The Bertz CT molecular complexity index is 607. The van der Waals surface area contributed by atoms with Gasteiger partial charge in [0, 0.05) is 24.4 Å². The Kier molecular flexibility index (Phi) is 3.21. The highest BCUT2D eigenvalue weighted by molar-refractivity contribution is 6.33. The Labute approximate surface area is 115 Å². The van der Waals surface area contributed by atoms with E-state index in [1.54, 1.807) is 6.07 Å². The van der Waals surface area contributed by atoms with Crippen LogP contribution in [0.5, 0.6) is 0 Å². The standard InChI is InChI=1S/C13H12ClN3O2/c14-11-7-15-4-3-10(11)13(18)16-6-9-5-12(19-17-9)8-1-2-8/h3-5,7-8H,1-2,6H2,(H,16,18). The normalized spacial score (nSPS) is 14.4. The first-order chi connectivity index (χ1) is 9.24. The molecule has 0 unspecified atom stereocenters. The van der Waals surface area contributed by atoms with Crippen molar-refractivity contribution < 1.29 is 9.32 Å². The Morgan fingerprint density at radius 2 is 2.37 bits per heavy atom. The first kappa shape index (κ1) is 12.2. The van der Waals surface area contributed by atoms with Gasteiger partial charge in [-0.3, -0.25) is 9.78 Å². The summed E-state index contributed by atoms with van der Waals surface area (Å²) in [7, 11) is 0. The number of carbonyl (C=O) groups is 1. The van der Waals surface area contributed by atoms with Gasteiger partial charge < -0.3 is 9.84 Å². The van der Waals surface area contributed by atoms with E-state index in [0.29, 0.717) is 23.0 Å². The number of pyridine rings is 1. The number of amides is 1. The van der Waals surface area contributed by atoms with Crippen LogP contribution in [0.1, 0.15) is 40.6 Å². The monoisotopic (exact) mass is 277 g/mol. The predicted molar refractivity (Wildman–Crippen MR) is 68.9 cm³/mol. The molecule has 1 aliphatic carbocycles. The van der Waals surface area contributed by atoms with Crippen LogP contribution in [0.15, 0.2) is 29.0 Å². The molecule has 2 aromatic rings. The number of nitrogens with zero attached hydrogens (tertiary/aromatic N) is 2. The van der Waals surface area contributed by atoms with Gasteiger partial charge in [-0.15, -0.1) is 0 Å². The van der Waals surface area contributed by atoms with Crippen LogP contribution in [0.2, 0.25) is 5.02 Å². The summed E-state index contributed by atoms with van der Waals surface area (Å²) >= 11 is 5.90. The molecule has 0 radical (unpaired) electrons. The van der Waals surface area contributed by atoms with Gasteiger partial charge >= 0.3 is 0 Å². The number of carbonyl (C=O) groups excluding carboxylic acids is 1. The van der Waals surface area contributed by atoms with Crippen molar-refractivity contribution in [3.63, 3.8) is 0 Å². The number of aromatic nitrogens is 2. The molecule has 0 bridgehead atoms. The molecule has 2 aromatic heterocycles. The smallest absolute Gasteiger partial charge is 0.253 e. The summed E-state index contributed by atoms with van der Waals surface area (Å²) in [5.41, 5.74) is 1.13. The second-order valence-electron chi connectivity index (χ2n) is 4.53. The SMILES string of the molecule is O=C(NCc1cc(C2CC2)on1)c1ccncc1Cl. The molecule has 1 N–H and O–H groups in total. The number of hydrogen-bond donors (Lipinski definition) is 1. The van der Waals surface area contributed by atoms with Crippen molar-refractivity contribution in [1.29, 1.82) is 0 Å². The highest BCUT2D eigenvalue weighted by Crippen LogP contribution is 2.40. The molecular formula is C13H12ClN3O2. The third-order valence-corrected chi connectivity index (χ3v) is 3.31. The summed E-state index contributed by atoms with van der Waals surface area (Å²) in [4.78, 5) is 15.7. The van der Waals surface area contributed by atoms with E-state index >= 15 is 0 Å². The Morgan fingerprint density at radius 3 is 3.11 bits per heavy atom. The zero-order valence-electron chi connectivity index (χ0n) is 10.1. The molecule has 1 fully saturated rings. The van der Waals surface area contributed by atoms with Crippen molar-refractivity contribution in [1.82, 2.24) is 15.5 Å². The van der Waals surface area contributed by atoms with Crippen LogP contribution in [0.25, 0.3) is 0 Å². The van der Waals surface area contributed by atoms with Crippen molar-refractivity contribution in [2.24, 2.45) is 0 Å².